The summed E-state index contributed by atoms with van der Waals surface area (Å²) in [5.74, 6) is -0.542. The Morgan fingerprint density at radius 3 is 2.70 bits per heavy atom. The minimum Gasteiger partial charge on any atom is -0.404 e. The Balaban J connectivity index is 2.34. The van der Waals surface area contributed by atoms with Crippen molar-refractivity contribution in [2.24, 2.45) is 5.73 Å². The van der Waals surface area contributed by atoms with E-state index in [9.17, 15) is 13.6 Å². The summed E-state index contributed by atoms with van der Waals surface area (Å²) in [5, 5.41) is 9.93. The van der Waals surface area contributed by atoms with E-state index in [1.165, 1.54) is 0 Å². The number of benzene rings is 1. The third-order valence-electron chi connectivity index (χ3n) is 4.31. The highest BCUT2D eigenvalue weighted by Crippen LogP contribution is 2.48. The number of hydrogen-bond donors (Lipinski definition) is 3. The van der Waals surface area contributed by atoms with E-state index in [0.717, 1.165) is 23.7 Å². The molecular formula is C17H21F2N3O. The standard InChI is InChI=1S/C17H21F2N3O/c1-9-7-17(2,3)11-5-4-6-12(13(9)11)22-16(23)10(8-20)14(21)15(18)19/h4-6,8-9,15,21H,7,20H2,1-3H3,(H,22,23)/b10-8+,21-14?/t9-/m1/s1. The van der Waals surface area contributed by atoms with Crippen LogP contribution in [-0.2, 0) is 10.2 Å². The molecule has 1 aliphatic carbocycles. The van der Waals surface area contributed by atoms with Crippen LogP contribution >= 0.6 is 0 Å². The molecular weight excluding hydrogens is 300 g/mol. The summed E-state index contributed by atoms with van der Waals surface area (Å²) in [6.07, 6.45) is -1.35. The number of anilines is 1. The molecule has 0 spiro atoms. The molecule has 4 N–H and O–H groups in total. The number of carbonyl (C=O) groups is 1. The number of fused-ring (bicyclic) bond motifs is 1. The van der Waals surface area contributed by atoms with E-state index in [-0.39, 0.29) is 11.3 Å². The molecule has 0 radical (unpaired) electrons. The van der Waals surface area contributed by atoms with Crippen LogP contribution in [0.2, 0.25) is 0 Å². The van der Waals surface area contributed by atoms with Gasteiger partial charge in [-0.2, -0.15) is 0 Å². The van der Waals surface area contributed by atoms with Gasteiger partial charge in [0.15, 0.2) is 0 Å². The first-order valence-corrected chi connectivity index (χ1v) is 7.42. The lowest BCUT2D eigenvalue weighted by molar-refractivity contribution is -0.112. The van der Waals surface area contributed by atoms with E-state index < -0.39 is 23.6 Å². The minimum absolute atomic E-state index is 0.00228. The molecule has 0 aliphatic heterocycles. The van der Waals surface area contributed by atoms with Crippen molar-refractivity contribution in [3.63, 3.8) is 0 Å². The Kier molecular flexibility index (Phi) is 4.54. The predicted octanol–water partition coefficient (Wildman–Crippen LogP) is 3.54. The Morgan fingerprint density at radius 2 is 2.13 bits per heavy atom. The number of rotatable bonds is 4. The number of halogens is 2. The third-order valence-corrected chi connectivity index (χ3v) is 4.31. The summed E-state index contributed by atoms with van der Waals surface area (Å²) in [6.45, 7) is 6.35. The van der Waals surface area contributed by atoms with Gasteiger partial charge in [0.05, 0.1) is 5.57 Å². The molecule has 0 aromatic heterocycles. The molecule has 0 fully saturated rings. The van der Waals surface area contributed by atoms with E-state index >= 15 is 0 Å². The van der Waals surface area contributed by atoms with Crippen molar-refractivity contribution in [1.82, 2.24) is 0 Å². The fourth-order valence-electron chi connectivity index (χ4n) is 3.37. The number of nitrogens with two attached hydrogens (primary N) is 1. The topological polar surface area (TPSA) is 79.0 Å². The summed E-state index contributed by atoms with van der Waals surface area (Å²) < 4.78 is 25.3. The molecule has 1 aromatic carbocycles. The van der Waals surface area contributed by atoms with Crippen LogP contribution in [0.1, 0.15) is 44.2 Å². The van der Waals surface area contributed by atoms with E-state index in [0.29, 0.717) is 5.69 Å². The highest BCUT2D eigenvalue weighted by Gasteiger charge is 2.36. The molecule has 0 heterocycles. The Hall–Kier alpha value is -2.24. The minimum atomic E-state index is -3.05. The van der Waals surface area contributed by atoms with Crippen LogP contribution in [0.25, 0.3) is 0 Å². The maximum absolute atomic E-state index is 12.6. The summed E-state index contributed by atoms with van der Waals surface area (Å²) in [5.41, 5.74) is 6.41. The van der Waals surface area contributed by atoms with Gasteiger partial charge in [-0.15, -0.1) is 0 Å². The lowest BCUT2D eigenvalue weighted by Gasteiger charge is -2.19. The second kappa shape index (κ2) is 6.10. The number of alkyl halides is 2. The van der Waals surface area contributed by atoms with Crippen molar-refractivity contribution >= 4 is 17.3 Å². The lowest BCUT2D eigenvalue weighted by Crippen LogP contribution is -2.25. The molecule has 1 aromatic rings. The quantitative estimate of drug-likeness (QED) is 0.586. The van der Waals surface area contributed by atoms with Crippen LogP contribution in [0.15, 0.2) is 30.0 Å². The average molecular weight is 321 g/mol. The number of amides is 1. The molecule has 0 saturated heterocycles. The van der Waals surface area contributed by atoms with Gasteiger partial charge in [-0.3, -0.25) is 10.2 Å². The zero-order valence-corrected chi connectivity index (χ0v) is 13.4. The second-order valence-corrected chi connectivity index (χ2v) is 6.50. The smallest absolute Gasteiger partial charge is 0.280 e. The molecule has 2 rings (SSSR count). The number of nitrogens with one attached hydrogen (secondary N) is 2. The van der Waals surface area contributed by atoms with Crippen LogP contribution in [0.5, 0.6) is 0 Å². The summed E-state index contributed by atoms with van der Waals surface area (Å²) in [6, 6.07) is 5.60. The molecule has 23 heavy (non-hydrogen) atoms. The van der Waals surface area contributed by atoms with Crippen molar-refractivity contribution in [3.05, 3.63) is 41.1 Å². The summed E-state index contributed by atoms with van der Waals surface area (Å²) >= 11 is 0. The summed E-state index contributed by atoms with van der Waals surface area (Å²) in [4.78, 5) is 12.2. The van der Waals surface area contributed by atoms with Gasteiger partial charge in [-0.05, 0) is 34.9 Å². The van der Waals surface area contributed by atoms with Gasteiger partial charge in [-0.1, -0.05) is 32.9 Å². The second-order valence-electron chi connectivity index (χ2n) is 6.50. The maximum Gasteiger partial charge on any atom is 0.280 e. The van der Waals surface area contributed by atoms with Crippen molar-refractivity contribution in [1.29, 1.82) is 5.41 Å². The molecule has 0 saturated carbocycles. The van der Waals surface area contributed by atoms with Gasteiger partial charge in [0.1, 0.15) is 5.71 Å². The fraction of sp³-hybridized carbons (Fsp3) is 0.412. The Labute approximate surface area is 134 Å². The third kappa shape index (κ3) is 3.11. The highest BCUT2D eigenvalue weighted by molar-refractivity contribution is 6.25. The van der Waals surface area contributed by atoms with Gasteiger partial charge < -0.3 is 11.1 Å². The van der Waals surface area contributed by atoms with Gasteiger partial charge in [0.25, 0.3) is 12.3 Å². The molecule has 1 atom stereocenters. The highest BCUT2D eigenvalue weighted by atomic mass is 19.3. The molecule has 0 bridgehead atoms. The summed E-state index contributed by atoms with van der Waals surface area (Å²) in [7, 11) is 0. The van der Waals surface area contributed by atoms with Crippen LogP contribution in [0.4, 0.5) is 14.5 Å². The predicted molar refractivity (Wildman–Crippen MR) is 87.1 cm³/mol. The van der Waals surface area contributed by atoms with Crippen LogP contribution in [-0.4, -0.2) is 18.0 Å². The molecule has 1 aliphatic rings. The van der Waals surface area contributed by atoms with E-state index in [1.807, 2.05) is 12.1 Å². The van der Waals surface area contributed by atoms with Gasteiger partial charge >= 0.3 is 0 Å². The van der Waals surface area contributed by atoms with E-state index in [2.05, 4.69) is 26.1 Å². The SMILES string of the molecule is C[C@@H]1CC(C)(C)c2cccc(NC(=O)/C(=C/N)C(=N)C(F)F)c21. The lowest BCUT2D eigenvalue weighted by atomic mass is 9.86. The van der Waals surface area contributed by atoms with Gasteiger partial charge in [0.2, 0.25) is 0 Å². The molecule has 4 nitrogen and oxygen atoms in total. The monoisotopic (exact) mass is 321 g/mol. The first kappa shape index (κ1) is 17.1. The molecule has 1 amide bonds. The average Bonchev–Trinajstić information content (AvgIpc) is 2.70. The van der Waals surface area contributed by atoms with Gasteiger partial charge in [-0.25, -0.2) is 8.78 Å². The maximum atomic E-state index is 12.6. The number of hydrogen-bond acceptors (Lipinski definition) is 3. The zero-order valence-electron chi connectivity index (χ0n) is 13.4. The van der Waals surface area contributed by atoms with Crippen molar-refractivity contribution in [2.75, 3.05) is 5.32 Å². The van der Waals surface area contributed by atoms with Crippen molar-refractivity contribution in [3.8, 4) is 0 Å². The Bertz CT molecular complexity index is 680. The van der Waals surface area contributed by atoms with Crippen LogP contribution < -0.4 is 11.1 Å². The van der Waals surface area contributed by atoms with Crippen molar-refractivity contribution in [2.45, 2.75) is 45.0 Å². The Morgan fingerprint density at radius 1 is 1.48 bits per heavy atom. The molecule has 124 valence electrons. The number of carbonyl (C=O) groups excluding carboxylic acids is 1. The first-order chi connectivity index (χ1) is 10.7. The first-order valence-electron chi connectivity index (χ1n) is 7.42. The van der Waals surface area contributed by atoms with Gasteiger partial charge in [0, 0.05) is 11.9 Å². The largest absolute Gasteiger partial charge is 0.404 e. The normalized spacial score (nSPS) is 19.6. The fourth-order valence-corrected chi connectivity index (χ4v) is 3.37. The van der Waals surface area contributed by atoms with Crippen LogP contribution in [0, 0.1) is 5.41 Å². The molecule has 6 heteroatoms. The van der Waals surface area contributed by atoms with Crippen LogP contribution in [0.3, 0.4) is 0 Å². The van der Waals surface area contributed by atoms with E-state index in [4.69, 9.17) is 11.1 Å². The van der Waals surface area contributed by atoms with E-state index in [1.54, 1.807) is 6.07 Å². The van der Waals surface area contributed by atoms with Crippen molar-refractivity contribution < 1.29 is 13.6 Å². The zero-order chi connectivity index (χ0) is 17.4. The molecule has 0 unspecified atom stereocenters.